The molecule has 0 fully saturated rings. The van der Waals surface area contributed by atoms with Crippen molar-refractivity contribution in [2.75, 3.05) is 0 Å². The molecule has 13 heavy (non-hydrogen) atoms. The highest BCUT2D eigenvalue weighted by atomic mass is 16.3. The predicted molar refractivity (Wildman–Crippen MR) is 54.7 cm³/mol. The number of hydrogen-bond acceptors (Lipinski definition) is 1. The third-order valence-corrected chi connectivity index (χ3v) is 1.77. The zero-order valence-corrected chi connectivity index (χ0v) is 7.95. The molecule has 0 radical (unpaired) electrons. The minimum atomic E-state index is -0.250. The van der Waals surface area contributed by atoms with Gasteiger partial charge in [-0.3, -0.25) is 4.79 Å². The van der Waals surface area contributed by atoms with Crippen LogP contribution in [0.1, 0.15) is 16.7 Å². The van der Waals surface area contributed by atoms with Gasteiger partial charge in [0.15, 0.2) is 0 Å². The Morgan fingerprint density at radius 1 is 1.31 bits per heavy atom. The molecular formula is C11H14O2. The molecule has 1 aromatic rings. The van der Waals surface area contributed by atoms with Crippen molar-refractivity contribution in [1.82, 2.24) is 0 Å². The molecule has 0 aliphatic rings. The fraction of sp³-hybridized carbons (Fsp3) is 0.182. The zero-order valence-electron chi connectivity index (χ0n) is 7.95. The summed E-state index contributed by atoms with van der Waals surface area (Å²) in [5.41, 5.74) is 3.87. The zero-order chi connectivity index (χ0) is 10.3. The first-order chi connectivity index (χ1) is 6.15. The lowest BCUT2D eigenvalue weighted by Gasteiger charge is -1.99. The molecule has 1 N–H and O–H groups in total. The second-order valence-electron chi connectivity index (χ2n) is 2.65. The Balaban J connectivity index is 0.000000424. The highest BCUT2D eigenvalue weighted by molar-refractivity contribution is 5.49. The molecule has 0 saturated heterocycles. The monoisotopic (exact) mass is 178 g/mol. The topological polar surface area (TPSA) is 37.3 Å². The molecule has 1 rings (SSSR count). The molecule has 0 amide bonds. The van der Waals surface area contributed by atoms with E-state index in [1.54, 1.807) is 0 Å². The summed E-state index contributed by atoms with van der Waals surface area (Å²) in [4.78, 5) is 8.36. The summed E-state index contributed by atoms with van der Waals surface area (Å²) in [5, 5.41) is 6.89. The van der Waals surface area contributed by atoms with Crippen LogP contribution in [0, 0.1) is 13.8 Å². The Hall–Kier alpha value is -1.57. The smallest absolute Gasteiger partial charge is 0.290 e. The van der Waals surface area contributed by atoms with Crippen LogP contribution in [0.5, 0.6) is 0 Å². The van der Waals surface area contributed by atoms with Gasteiger partial charge in [0.05, 0.1) is 0 Å². The van der Waals surface area contributed by atoms with Crippen LogP contribution in [-0.2, 0) is 4.79 Å². The average molecular weight is 178 g/mol. The van der Waals surface area contributed by atoms with E-state index in [0.717, 1.165) is 0 Å². The van der Waals surface area contributed by atoms with Crippen LogP contribution in [0.2, 0.25) is 0 Å². The van der Waals surface area contributed by atoms with E-state index in [1.165, 1.54) is 16.7 Å². The maximum atomic E-state index is 8.36. The van der Waals surface area contributed by atoms with E-state index >= 15 is 0 Å². The van der Waals surface area contributed by atoms with E-state index in [9.17, 15) is 0 Å². The third-order valence-electron chi connectivity index (χ3n) is 1.77. The Bertz CT molecular complexity index is 290. The van der Waals surface area contributed by atoms with Gasteiger partial charge in [-0.15, -0.1) is 0 Å². The Kier molecular flexibility index (Phi) is 5.28. The van der Waals surface area contributed by atoms with E-state index in [0.29, 0.717) is 0 Å². The molecule has 0 spiro atoms. The molecular weight excluding hydrogens is 164 g/mol. The fourth-order valence-corrected chi connectivity index (χ4v) is 0.892. The first kappa shape index (κ1) is 11.4. The molecule has 0 aliphatic heterocycles. The number of carboxylic acid groups (broad SMARTS) is 1. The summed E-state index contributed by atoms with van der Waals surface area (Å²) in [7, 11) is 0. The normalized spacial score (nSPS) is 8.15. The standard InChI is InChI=1S/C10H12.CH2O2/c1-4-10-6-5-8(2)9(3)7-10;2-1-3/h4-7H,1H2,2-3H3;1H,(H,2,3). The van der Waals surface area contributed by atoms with Crippen LogP contribution >= 0.6 is 0 Å². The Labute approximate surface area is 78.5 Å². The first-order valence-corrected chi connectivity index (χ1v) is 3.93. The molecule has 70 valence electrons. The van der Waals surface area contributed by atoms with Crippen LogP contribution in [-0.4, -0.2) is 11.6 Å². The number of aryl methyl sites for hydroxylation is 2. The van der Waals surface area contributed by atoms with Gasteiger partial charge in [-0.2, -0.15) is 0 Å². The van der Waals surface area contributed by atoms with Crippen LogP contribution in [0.15, 0.2) is 24.8 Å². The second-order valence-corrected chi connectivity index (χ2v) is 2.65. The van der Waals surface area contributed by atoms with Gasteiger partial charge in [-0.25, -0.2) is 0 Å². The van der Waals surface area contributed by atoms with Crippen molar-refractivity contribution >= 4 is 12.5 Å². The van der Waals surface area contributed by atoms with Crippen molar-refractivity contribution in [2.24, 2.45) is 0 Å². The number of rotatable bonds is 1. The lowest BCUT2D eigenvalue weighted by Crippen LogP contribution is -1.80. The summed E-state index contributed by atoms with van der Waals surface area (Å²) >= 11 is 0. The Morgan fingerprint density at radius 2 is 1.85 bits per heavy atom. The summed E-state index contributed by atoms with van der Waals surface area (Å²) in [5.74, 6) is 0. The van der Waals surface area contributed by atoms with E-state index < -0.39 is 0 Å². The highest BCUT2D eigenvalue weighted by Crippen LogP contribution is 2.09. The van der Waals surface area contributed by atoms with Crippen molar-refractivity contribution in [1.29, 1.82) is 0 Å². The summed E-state index contributed by atoms with van der Waals surface area (Å²) < 4.78 is 0. The minimum absolute atomic E-state index is 0.250. The van der Waals surface area contributed by atoms with Gasteiger partial charge in [-0.05, 0) is 30.5 Å². The summed E-state index contributed by atoms with van der Waals surface area (Å²) in [6.45, 7) is 7.68. The van der Waals surface area contributed by atoms with Crippen molar-refractivity contribution in [2.45, 2.75) is 13.8 Å². The average Bonchev–Trinajstić information content (AvgIpc) is 2.11. The van der Waals surface area contributed by atoms with E-state index in [1.807, 2.05) is 6.08 Å². The summed E-state index contributed by atoms with van der Waals surface area (Å²) in [6, 6.07) is 6.34. The fourth-order valence-electron chi connectivity index (χ4n) is 0.892. The van der Waals surface area contributed by atoms with Gasteiger partial charge in [0.2, 0.25) is 0 Å². The van der Waals surface area contributed by atoms with Crippen LogP contribution < -0.4 is 0 Å². The van der Waals surface area contributed by atoms with Crippen LogP contribution in [0.3, 0.4) is 0 Å². The molecule has 0 aliphatic carbocycles. The van der Waals surface area contributed by atoms with Gasteiger partial charge in [0.1, 0.15) is 0 Å². The van der Waals surface area contributed by atoms with Gasteiger partial charge in [0, 0.05) is 0 Å². The molecule has 0 heterocycles. The third kappa shape index (κ3) is 4.11. The molecule has 0 atom stereocenters. The highest BCUT2D eigenvalue weighted by Gasteiger charge is 1.90. The van der Waals surface area contributed by atoms with Gasteiger partial charge >= 0.3 is 0 Å². The maximum Gasteiger partial charge on any atom is 0.290 e. The number of benzene rings is 1. The number of hydrogen-bond donors (Lipinski definition) is 1. The van der Waals surface area contributed by atoms with Crippen LogP contribution in [0.4, 0.5) is 0 Å². The number of carbonyl (C=O) groups is 1. The van der Waals surface area contributed by atoms with E-state index in [-0.39, 0.29) is 6.47 Å². The Morgan fingerprint density at radius 3 is 2.23 bits per heavy atom. The quantitative estimate of drug-likeness (QED) is 0.671. The molecule has 0 bridgehead atoms. The molecule has 1 aromatic carbocycles. The minimum Gasteiger partial charge on any atom is -0.483 e. The molecule has 0 unspecified atom stereocenters. The molecule has 2 heteroatoms. The van der Waals surface area contributed by atoms with E-state index in [4.69, 9.17) is 9.90 Å². The van der Waals surface area contributed by atoms with Gasteiger partial charge in [0.25, 0.3) is 6.47 Å². The van der Waals surface area contributed by atoms with Crippen molar-refractivity contribution in [3.05, 3.63) is 41.5 Å². The van der Waals surface area contributed by atoms with Gasteiger partial charge in [-0.1, -0.05) is 30.9 Å². The van der Waals surface area contributed by atoms with Crippen molar-refractivity contribution < 1.29 is 9.90 Å². The lowest BCUT2D eigenvalue weighted by molar-refractivity contribution is -0.122. The van der Waals surface area contributed by atoms with E-state index in [2.05, 4.69) is 38.6 Å². The van der Waals surface area contributed by atoms with Crippen molar-refractivity contribution in [3.63, 3.8) is 0 Å². The largest absolute Gasteiger partial charge is 0.483 e. The summed E-state index contributed by atoms with van der Waals surface area (Å²) in [6.07, 6.45) is 1.87. The second kappa shape index (κ2) is 6.00. The van der Waals surface area contributed by atoms with Crippen LogP contribution in [0.25, 0.3) is 6.08 Å². The maximum absolute atomic E-state index is 8.36. The molecule has 0 saturated carbocycles. The van der Waals surface area contributed by atoms with Crippen molar-refractivity contribution in [3.8, 4) is 0 Å². The SMILES string of the molecule is C=Cc1ccc(C)c(C)c1.O=CO. The lowest BCUT2D eigenvalue weighted by atomic mass is 10.1. The molecule has 2 nitrogen and oxygen atoms in total. The van der Waals surface area contributed by atoms with Gasteiger partial charge < -0.3 is 5.11 Å². The molecule has 0 aromatic heterocycles. The predicted octanol–water partition coefficient (Wildman–Crippen LogP) is 2.65. The first-order valence-electron chi connectivity index (χ1n) is 3.93.